The maximum Gasteiger partial charge on any atom is 0.0631 e. The largest absolute Gasteiger partial charge is 0.392 e. The van der Waals surface area contributed by atoms with E-state index in [1.807, 2.05) is 6.92 Å². The summed E-state index contributed by atoms with van der Waals surface area (Å²) in [6.07, 6.45) is 0.651. The lowest BCUT2D eigenvalue weighted by atomic mass is 10.2. The summed E-state index contributed by atoms with van der Waals surface area (Å²) in [6.45, 7) is 6.23. The molecule has 1 nitrogen and oxygen atoms in total. The fraction of sp³-hybridized carbons (Fsp3) is 0.500. The maximum atomic E-state index is 9.44. The number of hydrogen-bond donors (Lipinski definition) is 1. The van der Waals surface area contributed by atoms with Crippen molar-refractivity contribution in [1.82, 2.24) is 0 Å². The first-order valence-corrected chi connectivity index (χ1v) is 6.00. The third-order valence-corrected chi connectivity index (χ3v) is 3.55. The van der Waals surface area contributed by atoms with Gasteiger partial charge in [0.25, 0.3) is 0 Å². The van der Waals surface area contributed by atoms with Gasteiger partial charge in [0.05, 0.1) is 6.10 Å². The normalized spacial score (nSPS) is 12.9. The molecule has 1 unspecified atom stereocenters. The molecular weight excluding hydrogens is 192 g/mol. The van der Waals surface area contributed by atoms with E-state index in [9.17, 15) is 5.11 Å². The standard InChI is InChI=1S/C12H18OS/c1-4-11(13)8-14-12-6-5-9(2)7-10(12)3/h5-7,11,13H,4,8H2,1-3H3. The Morgan fingerprint density at radius 1 is 1.36 bits per heavy atom. The number of aliphatic hydroxyl groups is 1. The van der Waals surface area contributed by atoms with Crippen LogP contribution in [0.3, 0.4) is 0 Å². The first kappa shape index (κ1) is 11.6. The van der Waals surface area contributed by atoms with Crippen LogP contribution in [0.2, 0.25) is 0 Å². The summed E-state index contributed by atoms with van der Waals surface area (Å²) in [7, 11) is 0. The minimum absolute atomic E-state index is 0.180. The van der Waals surface area contributed by atoms with Crippen LogP contribution in [-0.4, -0.2) is 17.0 Å². The molecule has 2 heteroatoms. The molecule has 0 aliphatic carbocycles. The molecule has 0 saturated heterocycles. The maximum absolute atomic E-state index is 9.44. The van der Waals surface area contributed by atoms with Crippen molar-refractivity contribution in [2.45, 2.75) is 38.2 Å². The van der Waals surface area contributed by atoms with Crippen LogP contribution in [0.4, 0.5) is 0 Å². The Morgan fingerprint density at radius 2 is 2.07 bits per heavy atom. The van der Waals surface area contributed by atoms with E-state index in [0.29, 0.717) is 0 Å². The number of hydrogen-bond acceptors (Lipinski definition) is 2. The molecule has 0 bridgehead atoms. The van der Waals surface area contributed by atoms with Gasteiger partial charge in [-0.1, -0.05) is 24.6 Å². The molecule has 0 amide bonds. The molecule has 0 heterocycles. The van der Waals surface area contributed by atoms with Crippen molar-refractivity contribution in [3.05, 3.63) is 29.3 Å². The van der Waals surface area contributed by atoms with E-state index in [4.69, 9.17) is 0 Å². The van der Waals surface area contributed by atoms with Gasteiger partial charge in [-0.2, -0.15) is 0 Å². The number of aryl methyl sites for hydroxylation is 2. The lowest BCUT2D eigenvalue weighted by Crippen LogP contribution is -2.07. The van der Waals surface area contributed by atoms with Crippen LogP contribution in [-0.2, 0) is 0 Å². The van der Waals surface area contributed by atoms with E-state index in [1.165, 1.54) is 16.0 Å². The van der Waals surface area contributed by atoms with Crippen molar-refractivity contribution in [2.75, 3.05) is 5.75 Å². The molecule has 1 N–H and O–H groups in total. The van der Waals surface area contributed by atoms with E-state index >= 15 is 0 Å². The minimum Gasteiger partial charge on any atom is -0.392 e. The number of thioether (sulfide) groups is 1. The van der Waals surface area contributed by atoms with Gasteiger partial charge in [-0.3, -0.25) is 0 Å². The summed E-state index contributed by atoms with van der Waals surface area (Å²) in [5.74, 6) is 0.792. The number of rotatable bonds is 4. The Balaban J connectivity index is 2.59. The predicted molar refractivity (Wildman–Crippen MR) is 62.9 cm³/mol. The Morgan fingerprint density at radius 3 is 2.64 bits per heavy atom. The molecule has 14 heavy (non-hydrogen) atoms. The molecule has 0 aromatic heterocycles. The summed E-state index contributed by atoms with van der Waals surface area (Å²) < 4.78 is 0. The summed E-state index contributed by atoms with van der Waals surface area (Å²) in [5, 5.41) is 9.44. The van der Waals surface area contributed by atoms with Crippen molar-refractivity contribution in [2.24, 2.45) is 0 Å². The molecule has 1 rings (SSSR count). The Hall–Kier alpha value is -0.470. The highest BCUT2D eigenvalue weighted by atomic mass is 32.2. The van der Waals surface area contributed by atoms with Gasteiger partial charge in [-0.05, 0) is 31.9 Å². The quantitative estimate of drug-likeness (QED) is 0.770. The fourth-order valence-corrected chi connectivity index (χ4v) is 2.32. The highest BCUT2D eigenvalue weighted by molar-refractivity contribution is 7.99. The van der Waals surface area contributed by atoms with E-state index in [-0.39, 0.29) is 6.10 Å². The second-order valence-electron chi connectivity index (χ2n) is 3.64. The summed E-state index contributed by atoms with van der Waals surface area (Å²) in [4.78, 5) is 1.28. The van der Waals surface area contributed by atoms with Crippen LogP contribution < -0.4 is 0 Å². The number of aliphatic hydroxyl groups excluding tert-OH is 1. The second-order valence-corrected chi connectivity index (χ2v) is 4.70. The highest BCUT2D eigenvalue weighted by Crippen LogP contribution is 2.24. The lowest BCUT2D eigenvalue weighted by Gasteiger charge is -2.09. The SMILES string of the molecule is CCC(O)CSc1ccc(C)cc1C. The third kappa shape index (κ3) is 3.35. The topological polar surface area (TPSA) is 20.2 Å². The van der Waals surface area contributed by atoms with E-state index in [2.05, 4.69) is 32.0 Å². The zero-order chi connectivity index (χ0) is 10.6. The Labute approximate surface area is 90.5 Å². The third-order valence-electron chi connectivity index (χ3n) is 2.23. The van der Waals surface area contributed by atoms with Gasteiger partial charge >= 0.3 is 0 Å². The van der Waals surface area contributed by atoms with Crippen molar-refractivity contribution >= 4 is 11.8 Å². The predicted octanol–water partition coefficient (Wildman–Crippen LogP) is 3.17. The molecule has 0 spiro atoms. The first-order chi connectivity index (χ1) is 6.63. The van der Waals surface area contributed by atoms with Crippen molar-refractivity contribution < 1.29 is 5.11 Å². The Bertz CT molecular complexity index is 296. The molecule has 0 aliphatic rings. The second kappa shape index (κ2) is 5.42. The van der Waals surface area contributed by atoms with Crippen molar-refractivity contribution in [3.63, 3.8) is 0 Å². The molecule has 0 radical (unpaired) electrons. The first-order valence-electron chi connectivity index (χ1n) is 5.01. The fourth-order valence-electron chi connectivity index (χ4n) is 1.27. The van der Waals surface area contributed by atoms with Crippen LogP contribution in [0, 0.1) is 13.8 Å². The molecule has 1 atom stereocenters. The zero-order valence-electron chi connectivity index (χ0n) is 9.08. The van der Waals surface area contributed by atoms with Gasteiger partial charge in [-0.25, -0.2) is 0 Å². The van der Waals surface area contributed by atoms with Gasteiger partial charge < -0.3 is 5.11 Å². The van der Waals surface area contributed by atoms with Crippen LogP contribution in [0.15, 0.2) is 23.1 Å². The van der Waals surface area contributed by atoms with E-state index in [1.54, 1.807) is 11.8 Å². The summed E-state index contributed by atoms with van der Waals surface area (Å²) in [6, 6.07) is 6.44. The van der Waals surface area contributed by atoms with Gasteiger partial charge in [-0.15, -0.1) is 11.8 Å². The lowest BCUT2D eigenvalue weighted by molar-refractivity contribution is 0.195. The monoisotopic (exact) mass is 210 g/mol. The van der Waals surface area contributed by atoms with Gasteiger partial charge in [0.15, 0.2) is 0 Å². The molecule has 0 saturated carbocycles. The molecule has 78 valence electrons. The highest BCUT2D eigenvalue weighted by Gasteiger charge is 2.03. The van der Waals surface area contributed by atoms with Crippen LogP contribution in [0.25, 0.3) is 0 Å². The van der Waals surface area contributed by atoms with Crippen LogP contribution >= 0.6 is 11.8 Å². The molecule has 1 aromatic rings. The average molecular weight is 210 g/mol. The molecular formula is C12H18OS. The summed E-state index contributed by atoms with van der Waals surface area (Å²) in [5.41, 5.74) is 2.60. The Kier molecular flexibility index (Phi) is 4.49. The molecule has 1 aromatic carbocycles. The smallest absolute Gasteiger partial charge is 0.0631 e. The van der Waals surface area contributed by atoms with Crippen LogP contribution in [0.1, 0.15) is 24.5 Å². The zero-order valence-corrected chi connectivity index (χ0v) is 9.90. The minimum atomic E-state index is -0.180. The molecule has 0 fully saturated rings. The van der Waals surface area contributed by atoms with Crippen molar-refractivity contribution in [1.29, 1.82) is 0 Å². The average Bonchev–Trinajstić information content (AvgIpc) is 2.16. The van der Waals surface area contributed by atoms with Gasteiger partial charge in [0.1, 0.15) is 0 Å². The molecule has 0 aliphatic heterocycles. The summed E-state index contributed by atoms with van der Waals surface area (Å²) >= 11 is 1.74. The van der Waals surface area contributed by atoms with Crippen LogP contribution in [0.5, 0.6) is 0 Å². The van der Waals surface area contributed by atoms with Gasteiger partial charge in [0, 0.05) is 10.6 Å². The van der Waals surface area contributed by atoms with E-state index in [0.717, 1.165) is 12.2 Å². The van der Waals surface area contributed by atoms with Crippen molar-refractivity contribution in [3.8, 4) is 0 Å². The van der Waals surface area contributed by atoms with Gasteiger partial charge in [0.2, 0.25) is 0 Å². The number of benzene rings is 1. The van der Waals surface area contributed by atoms with E-state index < -0.39 is 0 Å².